The highest BCUT2D eigenvalue weighted by atomic mass is 32.2. The molecule has 204 valence electrons. The van der Waals surface area contributed by atoms with Gasteiger partial charge in [-0.05, 0) is 62.8 Å². The predicted molar refractivity (Wildman–Crippen MR) is 159 cm³/mol. The average Bonchev–Trinajstić information content (AvgIpc) is 2.92. The number of benzene rings is 2. The molecule has 0 radical (unpaired) electrons. The highest BCUT2D eigenvalue weighted by Gasteiger charge is 2.42. The minimum absolute atomic E-state index is 0.0186. The van der Waals surface area contributed by atoms with E-state index >= 15 is 0 Å². The van der Waals surface area contributed by atoms with Crippen molar-refractivity contribution in [1.29, 1.82) is 0 Å². The molecule has 2 fully saturated rings. The maximum absolute atomic E-state index is 13.2. The Morgan fingerprint density at radius 1 is 1.11 bits per heavy atom. The van der Waals surface area contributed by atoms with Crippen LogP contribution in [0.5, 0.6) is 0 Å². The van der Waals surface area contributed by atoms with Crippen molar-refractivity contribution in [1.82, 2.24) is 15.1 Å². The van der Waals surface area contributed by atoms with E-state index in [0.29, 0.717) is 11.8 Å². The Morgan fingerprint density at radius 2 is 1.89 bits per heavy atom. The molecule has 1 aliphatic carbocycles. The molecular weight excluding hydrogens is 490 g/mol. The van der Waals surface area contributed by atoms with Gasteiger partial charge in [0.25, 0.3) is 5.91 Å². The standard InChI is InChI=1S/C32H43N3O2S/c1-4-5-18-35(23-25-12-7-6-8-13-25)19-10-17-33-31(36)27-15-16-29-28(22-27)34(3)32(37)30(38-29)21-26-14-9-11-24(2)20-26/h6-9,11-14,20-21,27-29H,4-5,10,15-19,22-23H2,1-3H3,(H,33,36)/b30-21+. The molecule has 5 nitrogen and oxygen atoms in total. The Balaban J connectivity index is 1.25. The van der Waals surface area contributed by atoms with Crippen LogP contribution in [0.15, 0.2) is 59.5 Å². The molecule has 3 atom stereocenters. The molecule has 3 unspecified atom stereocenters. The van der Waals surface area contributed by atoms with E-state index in [1.165, 1.54) is 24.0 Å². The minimum atomic E-state index is -0.0186. The zero-order chi connectivity index (χ0) is 26.9. The topological polar surface area (TPSA) is 52.7 Å². The van der Waals surface area contributed by atoms with E-state index in [0.717, 1.165) is 55.8 Å². The molecule has 0 bridgehead atoms. The molecule has 4 rings (SSSR count). The summed E-state index contributed by atoms with van der Waals surface area (Å²) in [4.78, 5) is 31.4. The monoisotopic (exact) mass is 533 g/mol. The van der Waals surface area contributed by atoms with Gasteiger partial charge in [0.05, 0.1) is 4.91 Å². The van der Waals surface area contributed by atoms with Crippen LogP contribution in [0, 0.1) is 12.8 Å². The van der Waals surface area contributed by atoms with E-state index < -0.39 is 0 Å². The van der Waals surface area contributed by atoms with Gasteiger partial charge >= 0.3 is 0 Å². The average molecular weight is 534 g/mol. The Bertz CT molecular complexity index is 1100. The van der Waals surface area contributed by atoms with Gasteiger partial charge in [-0.2, -0.15) is 0 Å². The lowest BCUT2D eigenvalue weighted by molar-refractivity contribution is -0.131. The molecule has 1 N–H and O–H groups in total. The SMILES string of the molecule is CCCCN(CCCNC(=O)C1CCC2S/C(=C/c3cccc(C)c3)C(=O)N(C)C2C1)Cc1ccccc1. The number of amides is 2. The lowest BCUT2D eigenvalue weighted by atomic mass is 9.83. The number of rotatable bonds is 11. The number of unbranched alkanes of at least 4 members (excludes halogenated alkanes) is 1. The second-order valence-electron chi connectivity index (χ2n) is 10.8. The lowest BCUT2D eigenvalue weighted by Crippen LogP contribution is -2.52. The summed E-state index contributed by atoms with van der Waals surface area (Å²) < 4.78 is 0. The maximum atomic E-state index is 13.2. The molecule has 2 aromatic rings. The Hall–Kier alpha value is -2.57. The molecule has 38 heavy (non-hydrogen) atoms. The van der Waals surface area contributed by atoms with Crippen molar-refractivity contribution >= 4 is 29.7 Å². The van der Waals surface area contributed by atoms with Crippen molar-refractivity contribution < 1.29 is 9.59 Å². The zero-order valence-corrected chi connectivity index (χ0v) is 24.0. The quantitative estimate of drug-likeness (QED) is 0.289. The van der Waals surface area contributed by atoms with Gasteiger partial charge in [0.2, 0.25) is 5.91 Å². The predicted octanol–water partition coefficient (Wildman–Crippen LogP) is 5.89. The van der Waals surface area contributed by atoms with Gasteiger partial charge < -0.3 is 10.2 Å². The molecule has 1 saturated heterocycles. The smallest absolute Gasteiger partial charge is 0.260 e. The molecule has 2 aliphatic rings. The van der Waals surface area contributed by atoms with Crippen LogP contribution in [0.3, 0.4) is 0 Å². The van der Waals surface area contributed by atoms with Gasteiger partial charge in [-0.25, -0.2) is 0 Å². The van der Waals surface area contributed by atoms with Crippen molar-refractivity contribution in [3.8, 4) is 0 Å². The molecule has 1 heterocycles. The molecule has 0 aromatic heterocycles. The van der Waals surface area contributed by atoms with E-state index in [-0.39, 0.29) is 23.8 Å². The van der Waals surface area contributed by atoms with Crippen LogP contribution in [-0.2, 0) is 16.1 Å². The fourth-order valence-electron chi connectivity index (χ4n) is 5.60. The zero-order valence-electron chi connectivity index (χ0n) is 23.2. The molecule has 1 saturated carbocycles. The number of nitrogens with zero attached hydrogens (tertiary/aromatic N) is 2. The first kappa shape index (κ1) is 28.4. The number of thioether (sulfide) groups is 1. The molecule has 2 aromatic carbocycles. The van der Waals surface area contributed by atoms with E-state index in [1.54, 1.807) is 11.8 Å². The van der Waals surface area contributed by atoms with Crippen LogP contribution >= 0.6 is 11.8 Å². The van der Waals surface area contributed by atoms with Crippen LogP contribution in [0.4, 0.5) is 0 Å². The molecule has 6 heteroatoms. The van der Waals surface area contributed by atoms with Crippen LogP contribution in [0.2, 0.25) is 0 Å². The third-order valence-corrected chi connectivity index (χ3v) is 9.20. The summed E-state index contributed by atoms with van der Waals surface area (Å²) >= 11 is 1.71. The Kier molecular flexibility index (Phi) is 10.5. The van der Waals surface area contributed by atoms with Crippen LogP contribution in [-0.4, -0.2) is 59.6 Å². The van der Waals surface area contributed by atoms with Crippen molar-refractivity contribution in [3.63, 3.8) is 0 Å². The van der Waals surface area contributed by atoms with Gasteiger partial charge in [0.15, 0.2) is 0 Å². The van der Waals surface area contributed by atoms with Crippen molar-refractivity contribution in [2.24, 2.45) is 5.92 Å². The third kappa shape index (κ3) is 7.73. The fourth-order valence-corrected chi connectivity index (χ4v) is 7.08. The normalized spacial score (nSPS) is 22.5. The highest BCUT2D eigenvalue weighted by molar-refractivity contribution is 8.04. The summed E-state index contributed by atoms with van der Waals surface area (Å²) in [6.07, 6.45) is 7.93. The Labute approximate surface area is 233 Å². The van der Waals surface area contributed by atoms with Gasteiger partial charge in [-0.3, -0.25) is 14.5 Å². The summed E-state index contributed by atoms with van der Waals surface area (Å²) in [5, 5.41) is 3.56. The second-order valence-corrected chi connectivity index (χ2v) is 12.1. The van der Waals surface area contributed by atoms with Crippen molar-refractivity contribution in [2.45, 2.75) is 70.2 Å². The summed E-state index contributed by atoms with van der Waals surface area (Å²) in [5.41, 5.74) is 3.60. The number of aryl methyl sites for hydroxylation is 1. The first-order chi connectivity index (χ1) is 18.4. The molecule has 0 spiro atoms. The largest absolute Gasteiger partial charge is 0.356 e. The molecular formula is C32H43N3O2S. The summed E-state index contributed by atoms with van der Waals surface area (Å²) in [6.45, 7) is 8.02. The van der Waals surface area contributed by atoms with E-state index in [4.69, 9.17) is 0 Å². The number of fused-ring (bicyclic) bond motifs is 1. The third-order valence-electron chi connectivity index (χ3n) is 7.80. The minimum Gasteiger partial charge on any atom is -0.356 e. The lowest BCUT2D eigenvalue weighted by Gasteiger charge is -2.44. The van der Waals surface area contributed by atoms with Crippen LogP contribution < -0.4 is 5.32 Å². The summed E-state index contributed by atoms with van der Waals surface area (Å²) in [7, 11) is 1.90. The number of carbonyl (C=O) groups excluding carboxylic acids is 2. The summed E-state index contributed by atoms with van der Waals surface area (Å²) in [6, 6.07) is 19.0. The van der Waals surface area contributed by atoms with Gasteiger partial charge in [0, 0.05) is 43.9 Å². The van der Waals surface area contributed by atoms with Crippen molar-refractivity contribution in [3.05, 3.63) is 76.2 Å². The van der Waals surface area contributed by atoms with Gasteiger partial charge in [0.1, 0.15) is 0 Å². The second kappa shape index (κ2) is 14.0. The Morgan fingerprint density at radius 3 is 2.66 bits per heavy atom. The number of carbonyl (C=O) groups is 2. The number of likely N-dealkylation sites (N-methyl/N-ethyl adjacent to an activating group) is 1. The number of nitrogens with one attached hydrogen (secondary N) is 1. The van der Waals surface area contributed by atoms with Gasteiger partial charge in [-0.15, -0.1) is 11.8 Å². The van der Waals surface area contributed by atoms with E-state index in [9.17, 15) is 9.59 Å². The molecule has 2 amide bonds. The van der Waals surface area contributed by atoms with E-state index in [1.807, 2.05) is 30.2 Å². The highest BCUT2D eigenvalue weighted by Crippen LogP contribution is 2.43. The van der Waals surface area contributed by atoms with Crippen molar-refractivity contribution in [2.75, 3.05) is 26.7 Å². The number of hydrogen-bond acceptors (Lipinski definition) is 4. The fraction of sp³-hybridized carbons (Fsp3) is 0.500. The van der Waals surface area contributed by atoms with Gasteiger partial charge in [-0.1, -0.05) is 73.5 Å². The van der Waals surface area contributed by atoms with Crippen LogP contribution in [0.1, 0.15) is 62.1 Å². The van der Waals surface area contributed by atoms with Crippen LogP contribution in [0.25, 0.3) is 6.08 Å². The number of hydrogen-bond donors (Lipinski definition) is 1. The first-order valence-corrected chi connectivity index (χ1v) is 15.1. The van der Waals surface area contributed by atoms with E-state index in [2.05, 4.69) is 66.5 Å². The first-order valence-electron chi connectivity index (χ1n) is 14.2. The summed E-state index contributed by atoms with van der Waals surface area (Å²) in [5.74, 6) is 0.206. The molecule has 1 aliphatic heterocycles. The maximum Gasteiger partial charge on any atom is 0.260 e.